The van der Waals surface area contributed by atoms with E-state index in [0.29, 0.717) is 4.88 Å². The molecule has 0 spiro atoms. The Morgan fingerprint density at radius 1 is 1.36 bits per heavy atom. The molecule has 1 aliphatic heterocycles. The first-order chi connectivity index (χ1) is 15.8. The molecule has 0 saturated carbocycles. The Hall–Kier alpha value is -3.64. The van der Waals surface area contributed by atoms with Crippen molar-refractivity contribution in [3.8, 4) is 11.8 Å². The van der Waals surface area contributed by atoms with Crippen molar-refractivity contribution in [1.29, 1.82) is 0 Å². The number of anilines is 1. The third kappa shape index (κ3) is 4.22. The van der Waals surface area contributed by atoms with E-state index in [0.717, 1.165) is 11.5 Å². The van der Waals surface area contributed by atoms with E-state index in [-0.39, 0.29) is 35.3 Å². The quantitative estimate of drug-likeness (QED) is 0.321. The van der Waals surface area contributed by atoms with Gasteiger partial charge < -0.3 is 30.9 Å². The molecule has 1 unspecified atom stereocenters. The van der Waals surface area contributed by atoms with Crippen molar-refractivity contribution in [2.24, 2.45) is 0 Å². The maximum Gasteiger partial charge on any atom is 0.266 e. The van der Waals surface area contributed by atoms with Crippen LogP contribution >= 0.6 is 11.5 Å². The second-order valence-corrected chi connectivity index (χ2v) is 7.97. The maximum absolute atomic E-state index is 12.3. The van der Waals surface area contributed by atoms with E-state index in [1.165, 1.54) is 22.8 Å². The highest BCUT2D eigenvalue weighted by atomic mass is 32.1. The lowest BCUT2D eigenvalue weighted by molar-refractivity contribution is -0.137. The Kier molecular flexibility index (Phi) is 6.20. The van der Waals surface area contributed by atoms with Gasteiger partial charge in [0.25, 0.3) is 11.8 Å². The normalized spacial score (nSPS) is 22.1. The number of nitrogen functional groups attached to an aromatic ring is 1. The summed E-state index contributed by atoms with van der Waals surface area (Å²) in [6, 6.07) is 1.63. The number of nitrogens with two attached hydrogens (primary N) is 1. The largest absolute Gasteiger partial charge is 0.387 e. The Bertz CT molecular complexity index is 1250. The molecule has 0 aromatic carbocycles. The first-order valence-corrected chi connectivity index (χ1v) is 10.5. The number of hydrogen-bond donors (Lipinski definition) is 4. The van der Waals surface area contributed by atoms with Crippen LogP contribution in [0.4, 0.5) is 5.82 Å². The van der Waals surface area contributed by atoms with Crippen LogP contribution in [-0.2, 0) is 9.53 Å². The van der Waals surface area contributed by atoms with E-state index in [1.54, 1.807) is 19.3 Å². The Balaban J connectivity index is 1.58. The zero-order chi connectivity index (χ0) is 23.7. The van der Waals surface area contributed by atoms with Gasteiger partial charge in [0, 0.05) is 20.3 Å². The minimum atomic E-state index is -1.45. The monoisotopic (exact) mass is 472 g/mol. The highest BCUT2D eigenvalue weighted by Crippen LogP contribution is 2.32. The molecule has 4 rings (SSSR count). The molecule has 0 aliphatic carbocycles. The van der Waals surface area contributed by atoms with Crippen LogP contribution < -0.4 is 11.1 Å². The molecular formula is C19H20N8O5S. The lowest BCUT2D eigenvalue weighted by Crippen LogP contribution is -2.41. The fourth-order valence-electron chi connectivity index (χ4n) is 3.25. The average molecular weight is 472 g/mol. The lowest BCUT2D eigenvalue weighted by Gasteiger charge is -2.16. The second-order valence-electron chi connectivity index (χ2n) is 7.14. The summed E-state index contributed by atoms with van der Waals surface area (Å²) < 4.78 is 10.8. The number of aliphatic hydroxyl groups excluding tert-OH is 2. The smallest absolute Gasteiger partial charge is 0.266 e. The molecule has 1 aliphatic rings. The molecule has 1 fully saturated rings. The van der Waals surface area contributed by atoms with Gasteiger partial charge in [-0.15, -0.1) is 0 Å². The van der Waals surface area contributed by atoms with Crippen LogP contribution in [0.1, 0.15) is 21.7 Å². The molecular weight excluding hydrogens is 452 g/mol. The predicted molar refractivity (Wildman–Crippen MR) is 116 cm³/mol. The molecule has 172 valence electrons. The lowest BCUT2D eigenvalue weighted by atomic mass is 10.1. The molecule has 13 nitrogen and oxygen atoms in total. The first kappa shape index (κ1) is 22.6. The molecule has 14 heteroatoms. The molecule has 33 heavy (non-hydrogen) atoms. The number of fused-ring (bicyclic) bond motifs is 1. The van der Waals surface area contributed by atoms with Crippen molar-refractivity contribution < 1.29 is 24.5 Å². The Morgan fingerprint density at radius 3 is 2.85 bits per heavy atom. The third-order valence-electron chi connectivity index (χ3n) is 4.98. The summed E-state index contributed by atoms with van der Waals surface area (Å²) in [5, 5.41) is 23.0. The van der Waals surface area contributed by atoms with Gasteiger partial charge in [-0.2, -0.15) is 0 Å². The van der Waals surface area contributed by atoms with Gasteiger partial charge >= 0.3 is 0 Å². The SMILES string of the molecule is CNC(=O)[C@H]1O[C@@H](n2cnc3c(N)nc(C#CCN(C)C(=O)c4ccns4)nc32)C(O)[C@@H]1O. The van der Waals surface area contributed by atoms with E-state index in [1.807, 2.05) is 0 Å². The summed E-state index contributed by atoms with van der Waals surface area (Å²) >= 11 is 1.10. The van der Waals surface area contributed by atoms with Gasteiger partial charge in [0.1, 0.15) is 22.6 Å². The highest BCUT2D eigenvalue weighted by Gasteiger charge is 2.47. The number of amides is 2. The summed E-state index contributed by atoms with van der Waals surface area (Å²) in [5.74, 6) is 4.90. The van der Waals surface area contributed by atoms with Crippen molar-refractivity contribution in [3.05, 3.63) is 29.3 Å². The third-order valence-corrected chi connectivity index (χ3v) is 5.71. The van der Waals surface area contributed by atoms with E-state index < -0.39 is 30.4 Å². The number of aromatic nitrogens is 5. The van der Waals surface area contributed by atoms with Gasteiger partial charge in [-0.1, -0.05) is 5.92 Å². The number of ether oxygens (including phenoxy) is 1. The minimum absolute atomic E-state index is 0.0491. The average Bonchev–Trinajstić information content (AvgIpc) is 3.54. The topological polar surface area (TPSA) is 182 Å². The standard InChI is InChI=1S/C19H20N8O5S/c1-21-17(30)14-12(28)13(29)19(32-14)27-8-22-11-15(20)24-10(25-16(11)27)4-3-7-26(2)18(31)9-5-6-23-33-9/h5-6,8,12-14,19,28-29H,7H2,1-2H3,(H,21,30)(H2,20,24,25)/t12-,13?,14-,19+/m0/s1. The van der Waals surface area contributed by atoms with Crippen LogP contribution in [0.2, 0.25) is 0 Å². The van der Waals surface area contributed by atoms with Gasteiger partial charge in [-0.3, -0.25) is 14.2 Å². The zero-order valence-electron chi connectivity index (χ0n) is 17.5. The molecule has 0 bridgehead atoms. The molecule has 5 N–H and O–H groups in total. The number of carbonyl (C=O) groups excluding carboxylic acids is 2. The first-order valence-electron chi connectivity index (χ1n) is 9.70. The fourth-order valence-corrected chi connectivity index (χ4v) is 3.84. The number of aliphatic hydroxyl groups is 2. The molecule has 3 aromatic heterocycles. The summed E-state index contributed by atoms with van der Waals surface area (Å²) in [4.78, 5) is 38.7. The van der Waals surface area contributed by atoms with Gasteiger partial charge in [0.15, 0.2) is 23.8 Å². The van der Waals surface area contributed by atoms with E-state index in [4.69, 9.17) is 10.5 Å². The van der Waals surface area contributed by atoms with Crippen LogP contribution in [0.25, 0.3) is 11.2 Å². The van der Waals surface area contributed by atoms with Gasteiger partial charge in [0.05, 0.1) is 12.9 Å². The van der Waals surface area contributed by atoms with Gasteiger partial charge in [0.2, 0.25) is 5.82 Å². The van der Waals surface area contributed by atoms with Crippen molar-refractivity contribution in [1.82, 2.24) is 34.1 Å². The van der Waals surface area contributed by atoms with Gasteiger partial charge in [-0.25, -0.2) is 19.3 Å². The van der Waals surface area contributed by atoms with Crippen LogP contribution in [0.3, 0.4) is 0 Å². The molecule has 1 saturated heterocycles. The molecule has 4 heterocycles. The fraction of sp³-hybridized carbons (Fsp3) is 0.368. The number of hydrogen-bond acceptors (Lipinski definition) is 11. The number of nitrogens with one attached hydrogen (secondary N) is 1. The van der Waals surface area contributed by atoms with Crippen LogP contribution in [0.15, 0.2) is 18.6 Å². The van der Waals surface area contributed by atoms with Crippen LogP contribution in [0, 0.1) is 11.8 Å². The molecule has 3 aromatic rings. The number of carbonyl (C=O) groups is 2. The number of imidazole rings is 1. The van der Waals surface area contributed by atoms with Crippen LogP contribution in [-0.4, -0.2) is 89.8 Å². The molecule has 2 amide bonds. The van der Waals surface area contributed by atoms with Crippen LogP contribution in [0.5, 0.6) is 0 Å². The number of likely N-dealkylation sites (N-methyl/N-ethyl adjacent to an activating group) is 1. The predicted octanol–water partition coefficient (Wildman–Crippen LogP) is -1.65. The second kappa shape index (κ2) is 9.08. The summed E-state index contributed by atoms with van der Waals surface area (Å²) in [6.45, 7) is 0.113. The van der Waals surface area contributed by atoms with E-state index in [2.05, 4.69) is 36.5 Å². The summed E-state index contributed by atoms with van der Waals surface area (Å²) in [5.41, 5.74) is 6.44. The zero-order valence-corrected chi connectivity index (χ0v) is 18.4. The molecule has 4 atom stereocenters. The number of rotatable bonds is 4. The maximum atomic E-state index is 12.3. The Morgan fingerprint density at radius 2 is 2.15 bits per heavy atom. The van der Waals surface area contributed by atoms with Gasteiger partial charge in [-0.05, 0) is 23.5 Å². The van der Waals surface area contributed by atoms with Crippen molar-refractivity contribution in [2.75, 3.05) is 26.4 Å². The van der Waals surface area contributed by atoms with Crippen molar-refractivity contribution in [2.45, 2.75) is 24.5 Å². The molecule has 0 radical (unpaired) electrons. The van der Waals surface area contributed by atoms with Crippen molar-refractivity contribution in [3.63, 3.8) is 0 Å². The van der Waals surface area contributed by atoms with E-state index >= 15 is 0 Å². The minimum Gasteiger partial charge on any atom is -0.387 e. The Labute approximate surface area is 191 Å². The van der Waals surface area contributed by atoms with E-state index in [9.17, 15) is 19.8 Å². The number of nitrogens with zero attached hydrogens (tertiary/aromatic N) is 6. The summed E-state index contributed by atoms with van der Waals surface area (Å²) in [6.07, 6.45) is -2.39. The summed E-state index contributed by atoms with van der Waals surface area (Å²) in [7, 11) is 3.00. The van der Waals surface area contributed by atoms with Crippen molar-refractivity contribution >= 4 is 40.3 Å². The highest BCUT2D eigenvalue weighted by molar-refractivity contribution is 7.08.